The van der Waals surface area contributed by atoms with Gasteiger partial charge in [0.2, 0.25) is 0 Å². The van der Waals surface area contributed by atoms with Crippen molar-refractivity contribution in [1.82, 2.24) is 5.32 Å². The van der Waals surface area contributed by atoms with Crippen LogP contribution in [0, 0.1) is 0 Å². The summed E-state index contributed by atoms with van der Waals surface area (Å²) in [6, 6.07) is 5.93. The first-order chi connectivity index (χ1) is 8.83. The fraction of sp³-hybridized carbons (Fsp3) is 0.500. The molecule has 96 valence electrons. The van der Waals surface area contributed by atoms with Crippen molar-refractivity contribution in [2.45, 2.75) is 31.7 Å². The standard InChI is InChI=1S/C14H18N2O2/c17-14(16-11-3-1-2-4-11)10-5-6-13-12(9-10)15-7-8-18-13/h5-6,9,11,15H,1-4,7-8H2,(H,16,17). The average Bonchev–Trinajstić information content (AvgIpc) is 2.91. The maximum atomic E-state index is 12.1. The molecule has 0 radical (unpaired) electrons. The Labute approximate surface area is 107 Å². The predicted octanol–water partition coefficient (Wildman–Crippen LogP) is 2.16. The number of carbonyl (C=O) groups is 1. The normalized spacial score (nSPS) is 18.7. The van der Waals surface area contributed by atoms with Gasteiger partial charge in [-0.2, -0.15) is 0 Å². The Balaban J connectivity index is 1.73. The number of hydrogen-bond acceptors (Lipinski definition) is 3. The first-order valence-corrected chi connectivity index (χ1v) is 6.64. The van der Waals surface area contributed by atoms with Crippen LogP contribution in [0.2, 0.25) is 0 Å². The van der Waals surface area contributed by atoms with E-state index in [2.05, 4.69) is 10.6 Å². The van der Waals surface area contributed by atoms with E-state index in [1.165, 1.54) is 12.8 Å². The van der Waals surface area contributed by atoms with Gasteiger partial charge in [0.25, 0.3) is 5.91 Å². The predicted molar refractivity (Wildman–Crippen MR) is 70.1 cm³/mol. The fourth-order valence-corrected chi connectivity index (χ4v) is 2.62. The molecule has 3 rings (SSSR count). The first-order valence-electron chi connectivity index (χ1n) is 6.64. The van der Waals surface area contributed by atoms with E-state index in [9.17, 15) is 4.79 Å². The number of rotatable bonds is 2. The number of carbonyl (C=O) groups excluding carboxylic acids is 1. The quantitative estimate of drug-likeness (QED) is 0.840. The zero-order valence-corrected chi connectivity index (χ0v) is 10.4. The molecule has 1 aliphatic heterocycles. The largest absolute Gasteiger partial charge is 0.490 e. The molecule has 2 aliphatic rings. The van der Waals surface area contributed by atoms with Crippen molar-refractivity contribution in [3.05, 3.63) is 23.8 Å². The maximum absolute atomic E-state index is 12.1. The third-order valence-electron chi connectivity index (χ3n) is 3.61. The molecule has 0 aromatic heterocycles. The summed E-state index contributed by atoms with van der Waals surface area (Å²) in [7, 11) is 0. The summed E-state index contributed by atoms with van der Waals surface area (Å²) in [5.41, 5.74) is 1.62. The number of hydrogen-bond donors (Lipinski definition) is 2. The van der Waals surface area contributed by atoms with Crippen molar-refractivity contribution in [1.29, 1.82) is 0 Å². The highest BCUT2D eigenvalue weighted by Gasteiger charge is 2.19. The van der Waals surface area contributed by atoms with E-state index < -0.39 is 0 Å². The zero-order valence-electron chi connectivity index (χ0n) is 10.4. The maximum Gasteiger partial charge on any atom is 0.251 e. The van der Waals surface area contributed by atoms with E-state index in [1.54, 1.807) is 0 Å². The second kappa shape index (κ2) is 4.88. The van der Waals surface area contributed by atoms with Gasteiger partial charge >= 0.3 is 0 Å². The summed E-state index contributed by atoms with van der Waals surface area (Å²) in [6.45, 7) is 1.47. The van der Waals surface area contributed by atoms with Crippen LogP contribution in [0.4, 0.5) is 5.69 Å². The lowest BCUT2D eigenvalue weighted by molar-refractivity contribution is 0.0938. The molecule has 1 aromatic rings. The molecule has 0 saturated heterocycles. The Hall–Kier alpha value is -1.71. The highest BCUT2D eigenvalue weighted by atomic mass is 16.5. The number of fused-ring (bicyclic) bond motifs is 1. The summed E-state index contributed by atoms with van der Waals surface area (Å²) in [6.07, 6.45) is 4.67. The number of anilines is 1. The van der Waals surface area contributed by atoms with Crippen LogP contribution in [0.3, 0.4) is 0 Å². The molecule has 0 atom stereocenters. The highest BCUT2D eigenvalue weighted by Crippen LogP contribution is 2.28. The first kappa shape index (κ1) is 11.4. The molecule has 1 heterocycles. The van der Waals surface area contributed by atoms with Crippen molar-refractivity contribution in [3.63, 3.8) is 0 Å². The van der Waals surface area contributed by atoms with E-state index in [-0.39, 0.29) is 5.91 Å². The molecule has 1 amide bonds. The molecule has 4 heteroatoms. The molecule has 0 unspecified atom stereocenters. The van der Waals surface area contributed by atoms with E-state index in [4.69, 9.17) is 4.74 Å². The third-order valence-corrected chi connectivity index (χ3v) is 3.61. The van der Waals surface area contributed by atoms with Gasteiger partial charge in [0.1, 0.15) is 12.4 Å². The summed E-state index contributed by atoms with van der Waals surface area (Å²) >= 11 is 0. The molecule has 1 saturated carbocycles. The van der Waals surface area contributed by atoms with Crippen molar-refractivity contribution >= 4 is 11.6 Å². The molecule has 4 nitrogen and oxygen atoms in total. The van der Waals surface area contributed by atoms with Crippen LogP contribution >= 0.6 is 0 Å². The lowest BCUT2D eigenvalue weighted by Crippen LogP contribution is -2.32. The van der Waals surface area contributed by atoms with Crippen LogP contribution in [0.25, 0.3) is 0 Å². The molecule has 1 aliphatic carbocycles. The second-order valence-corrected chi connectivity index (χ2v) is 4.94. The number of amides is 1. The number of nitrogens with one attached hydrogen (secondary N) is 2. The summed E-state index contributed by atoms with van der Waals surface area (Å²) in [4.78, 5) is 12.1. The van der Waals surface area contributed by atoms with Gasteiger partial charge in [-0.25, -0.2) is 0 Å². The Bertz CT molecular complexity index is 453. The van der Waals surface area contributed by atoms with Crippen LogP contribution in [-0.4, -0.2) is 25.1 Å². The molecular formula is C14H18N2O2. The minimum atomic E-state index is 0.0251. The van der Waals surface area contributed by atoms with Crippen molar-refractivity contribution in [2.75, 3.05) is 18.5 Å². The van der Waals surface area contributed by atoms with Crippen LogP contribution in [0.15, 0.2) is 18.2 Å². The summed E-state index contributed by atoms with van der Waals surface area (Å²) in [5, 5.41) is 6.34. The van der Waals surface area contributed by atoms with Gasteiger partial charge in [0.15, 0.2) is 0 Å². The number of benzene rings is 1. The average molecular weight is 246 g/mol. The van der Waals surface area contributed by atoms with E-state index in [0.717, 1.165) is 30.8 Å². The van der Waals surface area contributed by atoms with Crippen LogP contribution in [-0.2, 0) is 0 Å². The Morgan fingerprint density at radius 2 is 2.17 bits per heavy atom. The van der Waals surface area contributed by atoms with E-state index >= 15 is 0 Å². The lowest BCUT2D eigenvalue weighted by Gasteiger charge is -2.20. The Morgan fingerprint density at radius 3 is 3.00 bits per heavy atom. The van der Waals surface area contributed by atoms with Gasteiger partial charge < -0.3 is 15.4 Å². The monoisotopic (exact) mass is 246 g/mol. The van der Waals surface area contributed by atoms with E-state index in [0.29, 0.717) is 18.2 Å². The summed E-state index contributed by atoms with van der Waals surface area (Å²) < 4.78 is 5.50. The van der Waals surface area contributed by atoms with E-state index in [1.807, 2.05) is 18.2 Å². The van der Waals surface area contributed by atoms with Crippen LogP contribution in [0.1, 0.15) is 36.0 Å². The van der Waals surface area contributed by atoms with Gasteiger partial charge in [0, 0.05) is 18.2 Å². The Kier molecular flexibility index (Phi) is 3.09. The fourth-order valence-electron chi connectivity index (χ4n) is 2.62. The molecule has 1 aromatic carbocycles. The zero-order chi connectivity index (χ0) is 12.4. The van der Waals surface area contributed by atoms with Crippen molar-refractivity contribution in [3.8, 4) is 5.75 Å². The SMILES string of the molecule is O=C(NC1CCCC1)c1ccc2c(c1)NCCO2. The topological polar surface area (TPSA) is 50.4 Å². The lowest BCUT2D eigenvalue weighted by atomic mass is 10.1. The van der Waals surface area contributed by atoms with Gasteiger partial charge in [-0.05, 0) is 31.0 Å². The highest BCUT2D eigenvalue weighted by molar-refractivity contribution is 5.95. The molecule has 18 heavy (non-hydrogen) atoms. The molecule has 2 N–H and O–H groups in total. The molecular weight excluding hydrogens is 228 g/mol. The number of ether oxygens (including phenoxy) is 1. The van der Waals surface area contributed by atoms with Gasteiger partial charge in [-0.15, -0.1) is 0 Å². The molecule has 0 spiro atoms. The second-order valence-electron chi connectivity index (χ2n) is 4.94. The van der Waals surface area contributed by atoms with Gasteiger partial charge in [-0.3, -0.25) is 4.79 Å². The molecule has 1 fully saturated rings. The van der Waals surface area contributed by atoms with Crippen molar-refractivity contribution in [2.24, 2.45) is 0 Å². The molecule has 0 bridgehead atoms. The third kappa shape index (κ3) is 2.28. The van der Waals surface area contributed by atoms with Crippen molar-refractivity contribution < 1.29 is 9.53 Å². The summed E-state index contributed by atoms with van der Waals surface area (Å²) in [5.74, 6) is 0.857. The minimum absolute atomic E-state index is 0.0251. The minimum Gasteiger partial charge on any atom is -0.490 e. The Morgan fingerprint density at radius 1 is 1.33 bits per heavy atom. The van der Waals surface area contributed by atoms with Crippen LogP contribution in [0.5, 0.6) is 5.75 Å². The smallest absolute Gasteiger partial charge is 0.251 e. The van der Waals surface area contributed by atoms with Gasteiger partial charge in [0.05, 0.1) is 5.69 Å². The van der Waals surface area contributed by atoms with Gasteiger partial charge in [-0.1, -0.05) is 12.8 Å². The van der Waals surface area contributed by atoms with Crippen LogP contribution < -0.4 is 15.4 Å².